The molecule has 0 bridgehead atoms. The highest BCUT2D eigenvalue weighted by Crippen LogP contribution is 2.35. The summed E-state index contributed by atoms with van der Waals surface area (Å²) in [4.78, 5) is 13.4. The van der Waals surface area contributed by atoms with Crippen LogP contribution in [-0.2, 0) is 13.0 Å². The number of carbonyl (C=O) groups is 1. The van der Waals surface area contributed by atoms with Crippen LogP contribution in [0.1, 0.15) is 28.4 Å². The number of benzene rings is 3. The molecule has 3 aromatic carbocycles. The molecule has 5 aromatic rings. The van der Waals surface area contributed by atoms with E-state index in [9.17, 15) is 4.79 Å². The largest absolute Gasteiger partial charge is 0.366 e. The van der Waals surface area contributed by atoms with Gasteiger partial charge < -0.3 is 10.3 Å². The van der Waals surface area contributed by atoms with Crippen LogP contribution >= 0.6 is 11.3 Å². The van der Waals surface area contributed by atoms with E-state index < -0.39 is 5.91 Å². The Hall–Kier alpha value is -3.37. The zero-order chi connectivity index (χ0) is 20.7. The number of carbonyl (C=O) groups excluding carboxylic acids is 1. The second-order valence-electron chi connectivity index (χ2n) is 7.45. The summed E-state index contributed by atoms with van der Waals surface area (Å²) < 4.78 is 2.28. The maximum absolute atomic E-state index is 12.2. The van der Waals surface area contributed by atoms with Crippen LogP contribution in [-0.4, -0.2) is 10.5 Å². The molecule has 30 heavy (non-hydrogen) atoms. The zero-order valence-corrected chi connectivity index (χ0v) is 17.5. The third kappa shape index (κ3) is 3.10. The van der Waals surface area contributed by atoms with Crippen molar-refractivity contribution in [1.82, 2.24) is 4.57 Å². The smallest absolute Gasteiger partial charge is 0.249 e. The van der Waals surface area contributed by atoms with Gasteiger partial charge in [-0.25, -0.2) is 0 Å². The van der Waals surface area contributed by atoms with E-state index >= 15 is 0 Å². The van der Waals surface area contributed by atoms with Crippen molar-refractivity contribution in [3.63, 3.8) is 0 Å². The topological polar surface area (TPSA) is 48.0 Å². The van der Waals surface area contributed by atoms with E-state index in [4.69, 9.17) is 5.73 Å². The molecule has 147 valence electrons. The second-order valence-corrected chi connectivity index (χ2v) is 8.40. The highest BCUT2D eigenvalue weighted by molar-refractivity contribution is 7.13. The van der Waals surface area contributed by atoms with Gasteiger partial charge in [-0.1, -0.05) is 43.3 Å². The number of nitrogens with zero attached hydrogens (tertiary/aromatic N) is 1. The molecule has 0 unspecified atom stereocenters. The van der Waals surface area contributed by atoms with E-state index in [-0.39, 0.29) is 0 Å². The lowest BCUT2D eigenvalue weighted by atomic mass is 10.0. The SMILES string of the molecule is CCc1cccc(Cn2c3cc(-c4cccs4)c[c]c3c3c(C(N)=O)cccc32)c1. The van der Waals surface area contributed by atoms with Crippen LogP contribution in [0.15, 0.2) is 72.1 Å². The number of fused-ring (bicyclic) bond motifs is 3. The predicted molar refractivity (Wildman–Crippen MR) is 125 cm³/mol. The van der Waals surface area contributed by atoms with Gasteiger partial charge in [-0.05, 0) is 64.9 Å². The summed E-state index contributed by atoms with van der Waals surface area (Å²) in [5.41, 5.74) is 12.0. The summed E-state index contributed by atoms with van der Waals surface area (Å²) in [5.74, 6) is -0.414. The first kappa shape index (κ1) is 18.6. The molecule has 0 saturated carbocycles. The number of rotatable bonds is 5. The molecule has 0 spiro atoms. The number of nitrogens with two attached hydrogens (primary N) is 1. The van der Waals surface area contributed by atoms with Crippen LogP contribution < -0.4 is 5.73 Å². The van der Waals surface area contributed by atoms with Crippen molar-refractivity contribution in [2.45, 2.75) is 19.9 Å². The summed E-state index contributed by atoms with van der Waals surface area (Å²) in [5, 5.41) is 3.90. The summed E-state index contributed by atoms with van der Waals surface area (Å²) >= 11 is 1.71. The van der Waals surface area contributed by atoms with Gasteiger partial charge in [0.2, 0.25) is 5.91 Å². The van der Waals surface area contributed by atoms with Gasteiger partial charge in [-0.15, -0.1) is 11.3 Å². The fourth-order valence-corrected chi connectivity index (χ4v) is 4.86. The van der Waals surface area contributed by atoms with Gasteiger partial charge >= 0.3 is 0 Å². The molecular formula is C26H21N2OS. The van der Waals surface area contributed by atoms with Gasteiger partial charge in [0.1, 0.15) is 0 Å². The van der Waals surface area contributed by atoms with Crippen LogP contribution in [0.5, 0.6) is 0 Å². The molecule has 0 fully saturated rings. The standard InChI is InChI=1S/C26H21N2OS/c1-2-17-6-3-7-18(14-17)16-28-22-9-4-8-21(26(27)29)25(22)20-12-11-19(15-23(20)28)24-10-5-13-30-24/h3-11,13-15H,2,16H2,1H3,(H2,27,29). The van der Waals surface area contributed by atoms with Crippen molar-refractivity contribution in [3.8, 4) is 10.4 Å². The monoisotopic (exact) mass is 409 g/mol. The summed E-state index contributed by atoms with van der Waals surface area (Å²) in [6, 6.07) is 26.3. The Kier molecular flexibility index (Phi) is 4.64. The Balaban J connectivity index is 1.79. The lowest BCUT2D eigenvalue weighted by molar-refractivity contribution is 0.100. The van der Waals surface area contributed by atoms with Gasteiger partial charge in [-0.3, -0.25) is 4.79 Å². The summed E-state index contributed by atoms with van der Waals surface area (Å²) in [6.07, 6.45) is 1.00. The number of amides is 1. The first-order valence-electron chi connectivity index (χ1n) is 10.0. The van der Waals surface area contributed by atoms with Crippen molar-refractivity contribution in [2.75, 3.05) is 0 Å². The molecule has 1 radical (unpaired) electrons. The number of primary amides is 1. The van der Waals surface area contributed by atoms with Crippen LogP contribution in [0.2, 0.25) is 0 Å². The van der Waals surface area contributed by atoms with Crippen molar-refractivity contribution in [1.29, 1.82) is 0 Å². The second kappa shape index (κ2) is 7.47. The van der Waals surface area contributed by atoms with Crippen LogP contribution in [0.4, 0.5) is 0 Å². The summed E-state index contributed by atoms with van der Waals surface area (Å²) in [7, 11) is 0. The minimum Gasteiger partial charge on any atom is -0.366 e. The van der Waals surface area contributed by atoms with Crippen LogP contribution in [0, 0.1) is 6.07 Å². The van der Waals surface area contributed by atoms with E-state index in [2.05, 4.69) is 71.5 Å². The van der Waals surface area contributed by atoms with Gasteiger partial charge in [0, 0.05) is 27.8 Å². The Morgan fingerprint density at radius 2 is 1.87 bits per heavy atom. The molecular weight excluding hydrogens is 388 g/mol. The van der Waals surface area contributed by atoms with E-state index in [0.29, 0.717) is 5.56 Å². The minimum atomic E-state index is -0.414. The molecule has 0 atom stereocenters. The molecule has 2 N–H and O–H groups in total. The summed E-state index contributed by atoms with van der Waals surface area (Å²) in [6.45, 7) is 2.89. The van der Waals surface area contributed by atoms with Crippen molar-refractivity contribution in [2.24, 2.45) is 5.73 Å². The van der Waals surface area contributed by atoms with E-state index in [0.717, 1.165) is 40.3 Å². The van der Waals surface area contributed by atoms with E-state index in [1.54, 1.807) is 17.4 Å². The Labute approximate surface area is 179 Å². The third-order valence-electron chi connectivity index (χ3n) is 5.61. The van der Waals surface area contributed by atoms with Gasteiger partial charge in [-0.2, -0.15) is 0 Å². The highest BCUT2D eigenvalue weighted by atomic mass is 32.1. The van der Waals surface area contributed by atoms with Crippen molar-refractivity contribution in [3.05, 3.63) is 94.9 Å². The molecule has 0 aliphatic heterocycles. The van der Waals surface area contributed by atoms with Crippen molar-refractivity contribution >= 4 is 39.0 Å². The molecule has 5 rings (SSSR count). The fourth-order valence-electron chi connectivity index (χ4n) is 4.15. The highest BCUT2D eigenvalue weighted by Gasteiger charge is 2.17. The number of aromatic nitrogens is 1. The lowest BCUT2D eigenvalue weighted by Crippen LogP contribution is -2.11. The Morgan fingerprint density at radius 3 is 2.63 bits per heavy atom. The first-order chi connectivity index (χ1) is 14.7. The average Bonchev–Trinajstić information content (AvgIpc) is 3.41. The molecule has 2 aromatic heterocycles. The molecule has 1 amide bonds. The van der Waals surface area contributed by atoms with Crippen molar-refractivity contribution < 1.29 is 4.79 Å². The molecule has 0 saturated heterocycles. The van der Waals surface area contributed by atoms with E-state index in [1.807, 2.05) is 12.1 Å². The van der Waals surface area contributed by atoms with Crippen LogP contribution in [0.3, 0.4) is 0 Å². The molecule has 4 heteroatoms. The Morgan fingerprint density at radius 1 is 1.03 bits per heavy atom. The van der Waals surface area contributed by atoms with Gasteiger partial charge in [0.05, 0.1) is 11.0 Å². The van der Waals surface area contributed by atoms with Gasteiger partial charge in [0.25, 0.3) is 0 Å². The van der Waals surface area contributed by atoms with E-state index in [1.165, 1.54) is 16.0 Å². The first-order valence-corrected chi connectivity index (χ1v) is 10.9. The molecule has 3 nitrogen and oxygen atoms in total. The third-order valence-corrected chi connectivity index (χ3v) is 6.52. The quantitative estimate of drug-likeness (QED) is 0.378. The predicted octanol–water partition coefficient (Wildman–Crippen LogP) is 6.03. The number of thiophene rings is 1. The van der Waals surface area contributed by atoms with Crippen LogP contribution in [0.25, 0.3) is 32.2 Å². The Bertz CT molecular complexity index is 1380. The fraction of sp³-hybridized carbons (Fsp3) is 0.115. The number of hydrogen-bond acceptors (Lipinski definition) is 2. The number of aryl methyl sites for hydroxylation is 1. The number of hydrogen-bond donors (Lipinski definition) is 1. The minimum absolute atomic E-state index is 0.414. The lowest BCUT2D eigenvalue weighted by Gasteiger charge is -2.10. The molecule has 2 heterocycles. The molecule has 0 aliphatic carbocycles. The zero-order valence-electron chi connectivity index (χ0n) is 16.7. The maximum atomic E-state index is 12.2. The maximum Gasteiger partial charge on any atom is 0.249 e. The molecule has 0 aliphatic rings. The normalized spacial score (nSPS) is 11.4. The van der Waals surface area contributed by atoms with Gasteiger partial charge in [0.15, 0.2) is 0 Å². The average molecular weight is 410 g/mol.